The Morgan fingerprint density at radius 1 is 0.738 bits per heavy atom. The molecule has 1 saturated heterocycles. The van der Waals surface area contributed by atoms with Gasteiger partial charge < -0.3 is 14.4 Å². The lowest BCUT2D eigenvalue weighted by Gasteiger charge is -2.40. The number of carbonyl (C=O) groups excluding carboxylic acids is 1. The highest BCUT2D eigenvalue weighted by molar-refractivity contribution is 7.92. The summed E-state index contributed by atoms with van der Waals surface area (Å²) in [6, 6.07) is 33.9. The van der Waals surface area contributed by atoms with Crippen molar-refractivity contribution in [3.05, 3.63) is 120 Å². The summed E-state index contributed by atoms with van der Waals surface area (Å²) in [5, 5.41) is 0. The van der Waals surface area contributed by atoms with Gasteiger partial charge in [0.15, 0.2) is 11.5 Å². The number of carbonyl (C=O) groups is 1. The van der Waals surface area contributed by atoms with E-state index >= 15 is 0 Å². The van der Waals surface area contributed by atoms with Crippen molar-refractivity contribution >= 4 is 21.6 Å². The molecule has 4 aromatic rings. The number of para-hydroxylation sites is 1. The lowest BCUT2D eigenvalue weighted by molar-refractivity contribution is -0.131. The summed E-state index contributed by atoms with van der Waals surface area (Å²) in [6.45, 7) is 1.99. The van der Waals surface area contributed by atoms with Gasteiger partial charge in [-0.15, -0.1) is 0 Å². The molecule has 0 saturated carbocycles. The molecular formula is C33H35N3O5S. The number of hydrogen-bond donors (Lipinski definition) is 0. The normalized spacial score (nSPS) is 14.0. The van der Waals surface area contributed by atoms with E-state index in [9.17, 15) is 13.2 Å². The van der Waals surface area contributed by atoms with Crippen molar-refractivity contribution in [3.8, 4) is 11.5 Å². The molecule has 42 heavy (non-hydrogen) atoms. The Morgan fingerprint density at radius 2 is 1.26 bits per heavy atom. The minimum atomic E-state index is -4.10. The molecule has 1 aliphatic rings. The Hall–Kier alpha value is -4.34. The molecule has 1 fully saturated rings. The maximum Gasteiger partial charge on any atom is 0.264 e. The van der Waals surface area contributed by atoms with E-state index in [1.54, 1.807) is 35.2 Å². The van der Waals surface area contributed by atoms with Crippen LogP contribution in [-0.4, -0.2) is 71.1 Å². The number of piperazine rings is 1. The standard InChI is InChI=1S/C33H35N3O5S/c1-40-30-19-18-29(24-31(30)41-2)42(38,39)36(28-16-10-5-11-17-28)25-32(37)34-20-22-35(23-21-34)33(26-12-6-3-7-13-26)27-14-8-4-9-15-27/h3-19,24,33H,20-23,25H2,1-2H3. The van der Waals surface area contributed by atoms with Gasteiger partial charge >= 0.3 is 0 Å². The average molecular weight is 586 g/mol. The summed E-state index contributed by atoms with van der Waals surface area (Å²) < 4.78 is 39.6. The van der Waals surface area contributed by atoms with E-state index in [1.807, 2.05) is 42.5 Å². The average Bonchev–Trinajstić information content (AvgIpc) is 3.05. The minimum Gasteiger partial charge on any atom is -0.493 e. The number of rotatable bonds is 10. The Bertz CT molecular complexity index is 1540. The Balaban J connectivity index is 1.35. The number of hydrogen-bond acceptors (Lipinski definition) is 6. The fraction of sp³-hybridized carbons (Fsp3) is 0.242. The highest BCUT2D eigenvalue weighted by Crippen LogP contribution is 2.33. The second-order valence-corrected chi connectivity index (χ2v) is 11.9. The second kappa shape index (κ2) is 13.1. The van der Waals surface area contributed by atoms with Gasteiger partial charge in [0.25, 0.3) is 10.0 Å². The van der Waals surface area contributed by atoms with Crippen LogP contribution in [0.1, 0.15) is 17.2 Å². The van der Waals surface area contributed by atoms with Gasteiger partial charge in [0.1, 0.15) is 6.54 Å². The Morgan fingerprint density at radius 3 is 1.79 bits per heavy atom. The van der Waals surface area contributed by atoms with Crippen molar-refractivity contribution in [1.29, 1.82) is 0 Å². The topological polar surface area (TPSA) is 79.4 Å². The molecule has 1 heterocycles. The molecule has 0 bridgehead atoms. The smallest absolute Gasteiger partial charge is 0.264 e. The molecule has 1 aliphatic heterocycles. The van der Waals surface area contributed by atoms with Crippen molar-refractivity contribution in [1.82, 2.24) is 9.80 Å². The molecule has 0 N–H and O–H groups in total. The molecular weight excluding hydrogens is 550 g/mol. The zero-order valence-corrected chi connectivity index (χ0v) is 24.6. The summed E-state index contributed by atoms with van der Waals surface area (Å²) >= 11 is 0. The zero-order valence-electron chi connectivity index (χ0n) is 23.8. The van der Waals surface area contributed by atoms with Crippen LogP contribution >= 0.6 is 0 Å². The lowest BCUT2D eigenvalue weighted by atomic mass is 9.96. The first kappa shape index (κ1) is 29.2. The molecule has 4 aromatic carbocycles. The maximum absolute atomic E-state index is 13.9. The monoisotopic (exact) mass is 585 g/mol. The summed E-state index contributed by atoms with van der Waals surface area (Å²) in [5.74, 6) is 0.458. The third-order valence-corrected chi connectivity index (χ3v) is 9.30. The third-order valence-electron chi connectivity index (χ3n) is 7.53. The van der Waals surface area contributed by atoms with Crippen LogP contribution in [0.25, 0.3) is 0 Å². The van der Waals surface area contributed by atoms with Crippen LogP contribution in [0.4, 0.5) is 5.69 Å². The first-order valence-corrected chi connectivity index (χ1v) is 15.3. The molecule has 218 valence electrons. The molecule has 0 aliphatic carbocycles. The van der Waals surface area contributed by atoms with E-state index in [0.29, 0.717) is 43.4 Å². The number of nitrogens with zero attached hydrogens (tertiary/aromatic N) is 3. The minimum absolute atomic E-state index is 0.00943. The number of benzene rings is 4. The molecule has 1 amide bonds. The van der Waals surface area contributed by atoms with Gasteiger partial charge in [-0.3, -0.25) is 14.0 Å². The van der Waals surface area contributed by atoms with Crippen molar-refractivity contribution in [2.75, 3.05) is 51.2 Å². The van der Waals surface area contributed by atoms with Gasteiger partial charge in [-0.1, -0.05) is 78.9 Å². The highest BCUT2D eigenvalue weighted by atomic mass is 32.2. The number of sulfonamides is 1. The van der Waals surface area contributed by atoms with Gasteiger partial charge in [-0.25, -0.2) is 8.42 Å². The second-order valence-electron chi connectivity index (χ2n) is 10.0. The fourth-order valence-corrected chi connectivity index (χ4v) is 6.78. The molecule has 0 radical (unpaired) electrons. The van der Waals surface area contributed by atoms with E-state index in [0.717, 1.165) is 0 Å². The molecule has 5 rings (SSSR count). The van der Waals surface area contributed by atoms with E-state index in [2.05, 4.69) is 29.2 Å². The highest BCUT2D eigenvalue weighted by Gasteiger charge is 2.32. The molecule has 9 heteroatoms. The lowest BCUT2D eigenvalue weighted by Crippen LogP contribution is -2.52. The first-order chi connectivity index (χ1) is 20.4. The first-order valence-electron chi connectivity index (χ1n) is 13.8. The number of ether oxygens (including phenoxy) is 2. The van der Waals surface area contributed by atoms with Crippen LogP contribution in [-0.2, 0) is 14.8 Å². The van der Waals surface area contributed by atoms with Gasteiger partial charge in [-0.2, -0.15) is 0 Å². The fourth-order valence-electron chi connectivity index (χ4n) is 5.35. The van der Waals surface area contributed by atoms with Crippen LogP contribution in [0.2, 0.25) is 0 Å². The SMILES string of the molecule is COc1ccc(S(=O)(=O)N(CC(=O)N2CCN(C(c3ccccc3)c3ccccc3)CC2)c2ccccc2)cc1OC. The van der Waals surface area contributed by atoms with Crippen LogP contribution in [0.3, 0.4) is 0 Å². The Kier molecular flexibility index (Phi) is 9.09. The molecule has 0 spiro atoms. The summed E-state index contributed by atoms with van der Waals surface area (Å²) in [5.41, 5.74) is 2.80. The largest absolute Gasteiger partial charge is 0.493 e. The van der Waals surface area contributed by atoms with Crippen LogP contribution in [0, 0.1) is 0 Å². The van der Waals surface area contributed by atoms with Gasteiger partial charge in [0.2, 0.25) is 5.91 Å². The predicted octanol–water partition coefficient (Wildman–Crippen LogP) is 4.83. The van der Waals surface area contributed by atoms with Gasteiger partial charge in [-0.05, 0) is 35.4 Å². The Labute approximate surface area is 247 Å². The molecule has 0 aromatic heterocycles. The predicted molar refractivity (Wildman–Crippen MR) is 163 cm³/mol. The number of methoxy groups -OCH3 is 2. The molecule has 8 nitrogen and oxygen atoms in total. The van der Waals surface area contributed by atoms with Crippen LogP contribution in [0.15, 0.2) is 114 Å². The van der Waals surface area contributed by atoms with Crippen LogP contribution in [0.5, 0.6) is 11.5 Å². The summed E-state index contributed by atoms with van der Waals surface area (Å²) in [6.07, 6.45) is 0. The van der Waals surface area contributed by atoms with E-state index < -0.39 is 10.0 Å². The quantitative estimate of drug-likeness (QED) is 0.265. The van der Waals surface area contributed by atoms with Crippen molar-refractivity contribution in [3.63, 3.8) is 0 Å². The van der Waals surface area contributed by atoms with E-state index in [-0.39, 0.29) is 23.4 Å². The number of amides is 1. The zero-order chi connectivity index (χ0) is 29.5. The van der Waals surface area contributed by atoms with E-state index in [1.165, 1.54) is 41.8 Å². The van der Waals surface area contributed by atoms with Crippen molar-refractivity contribution in [2.24, 2.45) is 0 Å². The summed E-state index contributed by atoms with van der Waals surface area (Å²) in [7, 11) is -1.16. The molecule has 0 unspecified atom stereocenters. The van der Waals surface area contributed by atoms with Gasteiger partial charge in [0.05, 0.1) is 30.8 Å². The third kappa shape index (κ3) is 6.27. The van der Waals surface area contributed by atoms with Crippen molar-refractivity contribution < 1.29 is 22.7 Å². The molecule has 0 atom stereocenters. The maximum atomic E-state index is 13.9. The number of anilines is 1. The van der Waals surface area contributed by atoms with Crippen molar-refractivity contribution in [2.45, 2.75) is 10.9 Å². The van der Waals surface area contributed by atoms with E-state index in [4.69, 9.17) is 9.47 Å². The summed E-state index contributed by atoms with van der Waals surface area (Å²) in [4.78, 5) is 17.8. The van der Waals surface area contributed by atoms with Crippen LogP contribution < -0.4 is 13.8 Å². The van der Waals surface area contributed by atoms with Gasteiger partial charge in [0, 0.05) is 32.2 Å².